The molecule has 0 aromatic carbocycles. The number of nitrogens with two attached hydrogens (primary N) is 1. The van der Waals surface area contributed by atoms with Crippen molar-refractivity contribution in [2.45, 2.75) is 12.5 Å². The predicted octanol–water partition coefficient (Wildman–Crippen LogP) is 2.95. The van der Waals surface area contributed by atoms with Crippen molar-refractivity contribution in [3.63, 3.8) is 0 Å². The highest BCUT2D eigenvalue weighted by Gasteiger charge is 2.21. The van der Waals surface area contributed by atoms with Crippen molar-refractivity contribution in [2.75, 3.05) is 31.1 Å². The van der Waals surface area contributed by atoms with Crippen molar-refractivity contribution in [1.29, 1.82) is 0 Å². The van der Waals surface area contributed by atoms with E-state index in [0.717, 1.165) is 6.54 Å². The fourth-order valence-electron chi connectivity index (χ4n) is 2.03. The normalized spacial score (nSPS) is 20.6. The van der Waals surface area contributed by atoms with Crippen LogP contribution in [0.25, 0.3) is 0 Å². The van der Waals surface area contributed by atoms with Crippen LogP contribution in [-0.2, 0) is 0 Å². The lowest BCUT2D eigenvalue weighted by atomic mass is 10.2. The molecule has 1 saturated heterocycles. The van der Waals surface area contributed by atoms with Crippen molar-refractivity contribution < 1.29 is 0 Å². The van der Waals surface area contributed by atoms with Gasteiger partial charge in [0, 0.05) is 23.7 Å². The molecule has 16 heavy (non-hydrogen) atoms. The highest BCUT2D eigenvalue weighted by molar-refractivity contribution is 9.11. The van der Waals surface area contributed by atoms with Gasteiger partial charge in [0.05, 0.1) is 9.83 Å². The lowest BCUT2D eigenvalue weighted by Gasteiger charge is -2.28. The molecule has 1 fully saturated rings. The summed E-state index contributed by atoms with van der Waals surface area (Å²) < 4.78 is 1.20. The van der Waals surface area contributed by atoms with Gasteiger partial charge in [0.2, 0.25) is 0 Å². The first-order valence-electron chi connectivity index (χ1n) is 5.58. The lowest BCUT2D eigenvalue weighted by molar-refractivity contribution is 0.221. The van der Waals surface area contributed by atoms with Gasteiger partial charge in [-0.15, -0.1) is 11.3 Å². The van der Waals surface area contributed by atoms with Gasteiger partial charge < -0.3 is 5.73 Å². The molecule has 0 radical (unpaired) electrons. The van der Waals surface area contributed by atoms with Gasteiger partial charge in [-0.2, -0.15) is 11.8 Å². The third-order valence-electron chi connectivity index (χ3n) is 2.84. The Morgan fingerprint density at radius 1 is 1.38 bits per heavy atom. The molecule has 0 amide bonds. The molecule has 1 atom stereocenters. The summed E-state index contributed by atoms with van der Waals surface area (Å²) in [5, 5.41) is 0. The fraction of sp³-hybridized carbons (Fsp3) is 0.636. The molecule has 1 aliphatic rings. The van der Waals surface area contributed by atoms with Gasteiger partial charge in [-0.1, -0.05) is 0 Å². The molecule has 5 heteroatoms. The van der Waals surface area contributed by atoms with E-state index >= 15 is 0 Å². The smallest absolute Gasteiger partial charge is 0.0702 e. The molecular formula is C11H17BrN2S2. The topological polar surface area (TPSA) is 29.3 Å². The standard InChI is InChI=1S/C11H17BrN2S2/c12-11-3-2-10(16-11)9(8-13)14-4-1-6-15-7-5-14/h2-3,9H,1,4-8,13H2. The molecule has 0 aliphatic carbocycles. The molecule has 1 unspecified atom stereocenters. The third kappa shape index (κ3) is 3.23. The maximum absolute atomic E-state index is 5.94. The van der Waals surface area contributed by atoms with E-state index in [1.165, 1.54) is 39.7 Å². The first-order valence-corrected chi connectivity index (χ1v) is 8.35. The van der Waals surface area contributed by atoms with Crippen molar-refractivity contribution in [2.24, 2.45) is 5.73 Å². The highest BCUT2D eigenvalue weighted by Crippen LogP contribution is 2.31. The maximum atomic E-state index is 5.94. The van der Waals surface area contributed by atoms with E-state index in [9.17, 15) is 0 Å². The van der Waals surface area contributed by atoms with Gasteiger partial charge in [0.15, 0.2) is 0 Å². The molecule has 2 heterocycles. The Balaban J connectivity index is 2.08. The Bertz CT molecular complexity index is 322. The van der Waals surface area contributed by atoms with Crippen LogP contribution in [0.3, 0.4) is 0 Å². The molecule has 1 aromatic rings. The van der Waals surface area contributed by atoms with E-state index in [2.05, 4.69) is 44.7 Å². The van der Waals surface area contributed by atoms with Gasteiger partial charge >= 0.3 is 0 Å². The molecule has 0 bridgehead atoms. The number of thiophene rings is 1. The summed E-state index contributed by atoms with van der Waals surface area (Å²) in [5.41, 5.74) is 5.94. The Kier molecular flexibility index (Phi) is 5.16. The van der Waals surface area contributed by atoms with Crippen LogP contribution in [0.1, 0.15) is 17.3 Å². The average molecular weight is 321 g/mol. The largest absolute Gasteiger partial charge is 0.329 e. The first-order chi connectivity index (χ1) is 7.81. The van der Waals surface area contributed by atoms with Gasteiger partial charge in [-0.3, -0.25) is 4.90 Å². The van der Waals surface area contributed by atoms with Gasteiger partial charge in [-0.25, -0.2) is 0 Å². The van der Waals surface area contributed by atoms with Crippen LogP contribution < -0.4 is 5.73 Å². The zero-order valence-electron chi connectivity index (χ0n) is 9.19. The minimum atomic E-state index is 0.412. The minimum absolute atomic E-state index is 0.412. The highest BCUT2D eigenvalue weighted by atomic mass is 79.9. The second-order valence-electron chi connectivity index (χ2n) is 3.90. The lowest BCUT2D eigenvalue weighted by Crippen LogP contribution is -2.34. The summed E-state index contributed by atoms with van der Waals surface area (Å²) >= 11 is 7.39. The van der Waals surface area contributed by atoms with E-state index in [4.69, 9.17) is 5.73 Å². The molecule has 2 rings (SSSR count). The quantitative estimate of drug-likeness (QED) is 0.928. The number of halogens is 1. The van der Waals surface area contributed by atoms with E-state index in [-0.39, 0.29) is 0 Å². The summed E-state index contributed by atoms with van der Waals surface area (Å²) in [6.45, 7) is 3.07. The Morgan fingerprint density at radius 3 is 2.94 bits per heavy atom. The molecule has 2 N–H and O–H groups in total. The SMILES string of the molecule is NCC(c1ccc(Br)s1)N1CCCSCC1. The van der Waals surface area contributed by atoms with Crippen LogP contribution in [0.5, 0.6) is 0 Å². The Labute approximate surface area is 114 Å². The van der Waals surface area contributed by atoms with E-state index < -0.39 is 0 Å². The van der Waals surface area contributed by atoms with E-state index in [1.54, 1.807) is 0 Å². The van der Waals surface area contributed by atoms with Crippen LogP contribution in [-0.4, -0.2) is 36.0 Å². The number of thioether (sulfide) groups is 1. The zero-order valence-corrected chi connectivity index (χ0v) is 12.4. The van der Waals surface area contributed by atoms with E-state index in [0.29, 0.717) is 6.04 Å². The molecule has 1 aliphatic heterocycles. The van der Waals surface area contributed by atoms with Gasteiger partial charge in [0.25, 0.3) is 0 Å². The summed E-state index contributed by atoms with van der Waals surface area (Å²) in [6, 6.07) is 4.73. The number of hydrogen-bond donors (Lipinski definition) is 1. The molecular weight excluding hydrogens is 304 g/mol. The van der Waals surface area contributed by atoms with Crippen LogP contribution in [0.2, 0.25) is 0 Å². The van der Waals surface area contributed by atoms with Gasteiger partial charge in [0.1, 0.15) is 0 Å². The first kappa shape index (κ1) is 12.9. The molecule has 0 saturated carbocycles. The monoisotopic (exact) mass is 320 g/mol. The summed E-state index contributed by atoms with van der Waals surface area (Å²) in [7, 11) is 0. The third-order valence-corrected chi connectivity index (χ3v) is 5.62. The van der Waals surface area contributed by atoms with Crippen molar-refractivity contribution in [3.05, 3.63) is 20.8 Å². The minimum Gasteiger partial charge on any atom is -0.329 e. The fourth-order valence-corrected chi connectivity index (χ4v) is 4.50. The summed E-state index contributed by atoms with van der Waals surface area (Å²) in [4.78, 5) is 3.93. The number of nitrogens with zero attached hydrogens (tertiary/aromatic N) is 1. The summed E-state index contributed by atoms with van der Waals surface area (Å²) in [6.07, 6.45) is 1.29. The molecule has 90 valence electrons. The molecule has 1 aromatic heterocycles. The predicted molar refractivity (Wildman–Crippen MR) is 77.3 cm³/mol. The summed E-state index contributed by atoms with van der Waals surface area (Å²) in [5.74, 6) is 2.53. The van der Waals surface area contributed by atoms with Crippen LogP contribution in [0, 0.1) is 0 Å². The van der Waals surface area contributed by atoms with Crippen molar-refractivity contribution >= 4 is 39.0 Å². The average Bonchev–Trinajstić information content (AvgIpc) is 2.55. The second kappa shape index (κ2) is 6.40. The van der Waals surface area contributed by atoms with Crippen molar-refractivity contribution in [3.8, 4) is 0 Å². The van der Waals surface area contributed by atoms with Crippen molar-refractivity contribution in [1.82, 2.24) is 4.90 Å². The number of rotatable bonds is 3. The van der Waals surface area contributed by atoms with Crippen LogP contribution >= 0.6 is 39.0 Å². The van der Waals surface area contributed by atoms with E-state index in [1.807, 2.05) is 11.3 Å². The Hall–Kier alpha value is 0.450. The zero-order chi connectivity index (χ0) is 11.4. The maximum Gasteiger partial charge on any atom is 0.0702 e. The van der Waals surface area contributed by atoms with Crippen LogP contribution in [0.15, 0.2) is 15.9 Å². The molecule has 2 nitrogen and oxygen atoms in total. The number of hydrogen-bond acceptors (Lipinski definition) is 4. The molecule has 0 spiro atoms. The Morgan fingerprint density at radius 2 is 2.25 bits per heavy atom. The van der Waals surface area contributed by atoms with Gasteiger partial charge in [-0.05, 0) is 46.8 Å². The second-order valence-corrected chi connectivity index (χ2v) is 7.61. The van der Waals surface area contributed by atoms with Crippen LogP contribution in [0.4, 0.5) is 0 Å².